The number of rotatable bonds is 6. The molecule has 0 spiro atoms. The van der Waals surface area contributed by atoms with Crippen molar-refractivity contribution in [3.63, 3.8) is 0 Å². The van der Waals surface area contributed by atoms with E-state index in [9.17, 15) is 4.79 Å². The summed E-state index contributed by atoms with van der Waals surface area (Å²) in [5, 5.41) is 3.17. The maximum atomic E-state index is 12.7. The maximum absolute atomic E-state index is 12.7. The molecular weight excluding hydrogens is 312 g/mol. The Morgan fingerprint density at radius 2 is 2.04 bits per heavy atom. The van der Waals surface area contributed by atoms with E-state index < -0.39 is 0 Å². The minimum atomic E-state index is 0.0304. The molecule has 2 aromatic heterocycles. The number of likely N-dealkylation sites (tertiary alicyclic amines) is 1. The summed E-state index contributed by atoms with van der Waals surface area (Å²) in [6.45, 7) is 2.81. The monoisotopic (exact) mass is 338 g/mol. The van der Waals surface area contributed by atoms with Gasteiger partial charge < -0.3 is 9.88 Å². The van der Waals surface area contributed by atoms with Crippen LogP contribution in [0.4, 0.5) is 0 Å². The SMILES string of the molecule is O=C(NC[C@H](c1cccnc1)N1CCCCC1)c1cccn1C1CC1. The first kappa shape index (κ1) is 16.3. The molecule has 1 N–H and O–H groups in total. The number of amides is 1. The first-order valence-corrected chi connectivity index (χ1v) is 9.42. The van der Waals surface area contributed by atoms with Crippen LogP contribution < -0.4 is 5.32 Å². The molecule has 0 radical (unpaired) electrons. The molecule has 0 aromatic carbocycles. The smallest absolute Gasteiger partial charge is 0.267 e. The molecule has 3 heterocycles. The molecule has 5 heteroatoms. The van der Waals surface area contributed by atoms with Gasteiger partial charge >= 0.3 is 0 Å². The van der Waals surface area contributed by atoms with Gasteiger partial charge in [-0.25, -0.2) is 0 Å². The molecule has 4 rings (SSSR count). The van der Waals surface area contributed by atoms with Crippen molar-refractivity contribution in [1.29, 1.82) is 0 Å². The van der Waals surface area contributed by atoms with Crippen LogP contribution in [0.2, 0.25) is 0 Å². The van der Waals surface area contributed by atoms with E-state index in [-0.39, 0.29) is 11.9 Å². The number of pyridine rings is 1. The fourth-order valence-electron chi connectivity index (χ4n) is 3.80. The van der Waals surface area contributed by atoms with Crippen molar-refractivity contribution in [2.75, 3.05) is 19.6 Å². The Hall–Kier alpha value is -2.14. The lowest BCUT2D eigenvalue weighted by Gasteiger charge is -2.34. The van der Waals surface area contributed by atoms with Crippen molar-refractivity contribution in [1.82, 2.24) is 19.8 Å². The van der Waals surface area contributed by atoms with Crippen LogP contribution in [-0.2, 0) is 0 Å². The first-order valence-electron chi connectivity index (χ1n) is 9.42. The van der Waals surface area contributed by atoms with Gasteiger partial charge in [0.05, 0.1) is 6.04 Å². The predicted octanol–water partition coefficient (Wildman–Crippen LogP) is 3.18. The summed E-state index contributed by atoms with van der Waals surface area (Å²) in [5.41, 5.74) is 1.97. The predicted molar refractivity (Wildman–Crippen MR) is 97.4 cm³/mol. The van der Waals surface area contributed by atoms with Crippen LogP contribution in [0.1, 0.15) is 60.2 Å². The van der Waals surface area contributed by atoms with E-state index in [0.717, 1.165) is 18.8 Å². The van der Waals surface area contributed by atoms with Gasteiger partial charge in [0, 0.05) is 31.2 Å². The fraction of sp³-hybridized carbons (Fsp3) is 0.500. The lowest BCUT2D eigenvalue weighted by atomic mass is 10.0. The van der Waals surface area contributed by atoms with Gasteiger partial charge in [-0.15, -0.1) is 0 Å². The highest BCUT2D eigenvalue weighted by Gasteiger charge is 2.28. The molecule has 1 atom stereocenters. The number of carbonyl (C=O) groups excluding carboxylic acids is 1. The molecule has 1 aliphatic heterocycles. The van der Waals surface area contributed by atoms with Gasteiger partial charge in [-0.2, -0.15) is 0 Å². The van der Waals surface area contributed by atoms with Gasteiger partial charge in [-0.1, -0.05) is 12.5 Å². The Kier molecular flexibility index (Phi) is 4.83. The molecule has 1 saturated heterocycles. The molecule has 25 heavy (non-hydrogen) atoms. The molecule has 0 unspecified atom stereocenters. The highest BCUT2D eigenvalue weighted by molar-refractivity contribution is 5.92. The van der Waals surface area contributed by atoms with Crippen molar-refractivity contribution >= 4 is 5.91 Å². The van der Waals surface area contributed by atoms with Gasteiger partial charge in [-0.05, 0) is 62.5 Å². The van der Waals surface area contributed by atoms with Gasteiger partial charge in [0.2, 0.25) is 0 Å². The lowest BCUT2D eigenvalue weighted by Crippen LogP contribution is -2.41. The second kappa shape index (κ2) is 7.40. The molecular formula is C20H26N4O. The van der Waals surface area contributed by atoms with Crippen molar-refractivity contribution < 1.29 is 4.79 Å². The zero-order chi connectivity index (χ0) is 17.1. The molecule has 5 nitrogen and oxygen atoms in total. The summed E-state index contributed by atoms with van der Waals surface area (Å²) in [5.74, 6) is 0.0304. The highest BCUT2D eigenvalue weighted by atomic mass is 16.1. The maximum Gasteiger partial charge on any atom is 0.267 e. The van der Waals surface area contributed by atoms with Crippen LogP contribution in [0, 0.1) is 0 Å². The van der Waals surface area contributed by atoms with Gasteiger partial charge in [0.15, 0.2) is 0 Å². The van der Waals surface area contributed by atoms with Crippen LogP contribution in [-0.4, -0.2) is 40.0 Å². The highest BCUT2D eigenvalue weighted by Crippen LogP contribution is 2.36. The quantitative estimate of drug-likeness (QED) is 0.880. The molecule has 2 aliphatic rings. The molecule has 2 fully saturated rings. The molecule has 2 aromatic rings. The van der Waals surface area contributed by atoms with Crippen LogP contribution in [0.3, 0.4) is 0 Å². The zero-order valence-corrected chi connectivity index (χ0v) is 14.6. The minimum absolute atomic E-state index is 0.0304. The number of aromatic nitrogens is 2. The first-order chi connectivity index (χ1) is 12.3. The average molecular weight is 338 g/mol. The van der Waals surface area contributed by atoms with Gasteiger partial charge in [0.25, 0.3) is 5.91 Å². The van der Waals surface area contributed by atoms with E-state index in [1.165, 1.54) is 37.7 Å². The van der Waals surface area contributed by atoms with Crippen LogP contribution in [0.25, 0.3) is 0 Å². The second-order valence-corrected chi connectivity index (χ2v) is 7.14. The Bertz CT molecular complexity index is 701. The molecule has 1 aliphatic carbocycles. The summed E-state index contributed by atoms with van der Waals surface area (Å²) < 4.78 is 2.12. The third kappa shape index (κ3) is 3.76. The standard InChI is InChI=1S/C20H26N4O/c25-20(18-7-5-13-24(18)17-8-9-17)22-15-19(16-6-4-10-21-14-16)23-11-2-1-3-12-23/h4-7,10,13-14,17,19H,1-3,8-9,11-12,15H2,(H,22,25)/t19-/m1/s1. The van der Waals surface area contributed by atoms with Crippen LogP contribution in [0.5, 0.6) is 0 Å². The van der Waals surface area contributed by atoms with E-state index in [0.29, 0.717) is 12.6 Å². The number of hydrogen-bond acceptors (Lipinski definition) is 3. The Morgan fingerprint density at radius 1 is 1.20 bits per heavy atom. The van der Waals surface area contributed by atoms with Crippen LogP contribution in [0.15, 0.2) is 42.9 Å². The Labute approximate surface area is 149 Å². The summed E-state index contributed by atoms with van der Waals surface area (Å²) in [7, 11) is 0. The van der Waals surface area contributed by atoms with E-state index in [2.05, 4.69) is 25.8 Å². The summed E-state index contributed by atoms with van der Waals surface area (Å²) in [4.78, 5) is 19.5. The molecule has 1 amide bonds. The average Bonchev–Trinajstić information content (AvgIpc) is 3.40. The number of carbonyl (C=O) groups is 1. The van der Waals surface area contributed by atoms with E-state index in [1.807, 2.05) is 30.6 Å². The Morgan fingerprint density at radius 3 is 2.76 bits per heavy atom. The normalized spacial score (nSPS) is 19.5. The topological polar surface area (TPSA) is 50.2 Å². The number of piperidine rings is 1. The summed E-state index contributed by atoms with van der Waals surface area (Å²) in [6, 6.07) is 8.70. The number of nitrogens with zero attached hydrogens (tertiary/aromatic N) is 3. The van der Waals surface area contributed by atoms with Crippen molar-refractivity contribution in [2.24, 2.45) is 0 Å². The van der Waals surface area contributed by atoms with Crippen molar-refractivity contribution in [3.8, 4) is 0 Å². The number of nitrogens with one attached hydrogen (secondary N) is 1. The lowest BCUT2D eigenvalue weighted by molar-refractivity contribution is 0.0915. The summed E-state index contributed by atoms with van der Waals surface area (Å²) >= 11 is 0. The van der Waals surface area contributed by atoms with Gasteiger partial charge in [-0.3, -0.25) is 14.7 Å². The second-order valence-electron chi connectivity index (χ2n) is 7.14. The molecule has 0 bridgehead atoms. The number of hydrogen-bond donors (Lipinski definition) is 1. The van der Waals surface area contributed by atoms with E-state index in [4.69, 9.17) is 0 Å². The summed E-state index contributed by atoms with van der Waals surface area (Å²) in [6.07, 6.45) is 11.9. The third-order valence-corrected chi connectivity index (χ3v) is 5.31. The fourth-order valence-corrected chi connectivity index (χ4v) is 3.80. The van der Waals surface area contributed by atoms with Crippen molar-refractivity contribution in [2.45, 2.75) is 44.2 Å². The van der Waals surface area contributed by atoms with Crippen molar-refractivity contribution in [3.05, 3.63) is 54.1 Å². The third-order valence-electron chi connectivity index (χ3n) is 5.31. The largest absolute Gasteiger partial charge is 0.349 e. The zero-order valence-electron chi connectivity index (χ0n) is 14.6. The van der Waals surface area contributed by atoms with E-state index >= 15 is 0 Å². The Balaban J connectivity index is 1.46. The van der Waals surface area contributed by atoms with Gasteiger partial charge in [0.1, 0.15) is 5.69 Å². The molecule has 132 valence electrons. The molecule has 1 saturated carbocycles. The van der Waals surface area contributed by atoms with E-state index in [1.54, 1.807) is 6.20 Å². The van der Waals surface area contributed by atoms with Crippen LogP contribution >= 0.6 is 0 Å². The minimum Gasteiger partial charge on any atom is -0.349 e.